The summed E-state index contributed by atoms with van der Waals surface area (Å²) in [5.74, 6) is -0.395. The smallest absolute Gasteiger partial charge is 0.356 e. The fraction of sp³-hybridized carbons (Fsp3) is 0.312. The summed E-state index contributed by atoms with van der Waals surface area (Å²) in [5, 5.41) is 0. The summed E-state index contributed by atoms with van der Waals surface area (Å²) in [6.45, 7) is 2.17. The van der Waals surface area contributed by atoms with Gasteiger partial charge in [-0.05, 0) is 18.1 Å². The second-order valence-electron chi connectivity index (χ2n) is 5.21. The predicted octanol–water partition coefficient (Wildman–Crippen LogP) is 2.02. The van der Waals surface area contributed by atoms with Crippen LogP contribution >= 0.6 is 0 Å². The summed E-state index contributed by atoms with van der Waals surface area (Å²) < 4.78 is 6.63. The lowest BCUT2D eigenvalue weighted by molar-refractivity contribution is -0.116. The molecule has 0 spiro atoms. The molecule has 0 saturated heterocycles. The molecule has 22 heavy (non-hydrogen) atoms. The highest BCUT2D eigenvalue weighted by molar-refractivity contribution is 5.93. The molecular formula is C16H17N3O3. The maximum absolute atomic E-state index is 11.9. The molecule has 114 valence electrons. The third-order valence-corrected chi connectivity index (χ3v) is 3.99. The molecule has 1 unspecified atom stereocenters. The van der Waals surface area contributed by atoms with Crippen molar-refractivity contribution < 1.29 is 14.3 Å². The lowest BCUT2D eigenvalue weighted by Gasteiger charge is -2.34. The van der Waals surface area contributed by atoms with E-state index in [1.807, 2.05) is 28.8 Å². The molecule has 0 bridgehead atoms. The van der Waals surface area contributed by atoms with Crippen LogP contribution in [0, 0.1) is 0 Å². The fourth-order valence-electron chi connectivity index (χ4n) is 2.97. The summed E-state index contributed by atoms with van der Waals surface area (Å²) in [7, 11) is 1.35. The van der Waals surface area contributed by atoms with E-state index in [4.69, 9.17) is 4.74 Å². The van der Waals surface area contributed by atoms with Gasteiger partial charge in [-0.15, -0.1) is 0 Å². The number of ether oxygens (including phenoxy) is 1. The first kappa shape index (κ1) is 14.3. The Bertz CT molecular complexity index is 723. The Morgan fingerprint density at radius 2 is 2.09 bits per heavy atom. The van der Waals surface area contributed by atoms with Crippen LogP contribution in [0.2, 0.25) is 0 Å². The zero-order chi connectivity index (χ0) is 15.7. The van der Waals surface area contributed by atoms with Crippen molar-refractivity contribution in [3.63, 3.8) is 0 Å². The summed E-state index contributed by atoms with van der Waals surface area (Å²) in [6.07, 6.45) is 3.86. The average molecular weight is 299 g/mol. The number of hydrogen-bond acceptors (Lipinski definition) is 4. The lowest BCUT2D eigenvalue weighted by Crippen LogP contribution is -2.36. The highest BCUT2D eigenvalue weighted by Crippen LogP contribution is 2.36. The molecule has 0 N–H and O–H groups in total. The van der Waals surface area contributed by atoms with Crippen molar-refractivity contribution in [2.75, 3.05) is 18.6 Å². The van der Waals surface area contributed by atoms with Crippen LogP contribution in [0.5, 0.6) is 0 Å². The monoisotopic (exact) mass is 299 g/mol. The number of esters is 1. The maximum atomic E-state index is 11.9. The van der Waals surface area contributed by atoms with Crippen molar-refractivity contribution in [1.82, 2.24) is 9.55 Å². The molecule has 1 aliphatic rings. The molecular weight excluding hydrogens is 282 g/mol. The predicted molar refractivity (Wildman–Crippen MR) is 80.8 cm³/mol. The van der Waals surface area contributed by atoms with Gasteiger partial charge in [0.2, 0.25) is 5.91 Å². The number of para-hydroxylation sites is 1. The molecule has 6 heteroatoms. The molecule has 2 aromatic rings. The second kappa shape index (κ2) is 5.63. The Morgan fingerprint density at radius 1 is 1.32 bits per heavy atom. The zero-order valence-electron chi connectivity index (χ0n) is 12.5. The first-order valence-corrected chi connectivity index (χ1v) is 7.10. The number of nitrogens with zero attached hydrogens (tertiary/aromatic N) is 3. The normalized spacial score (nSPS) is 17.0. The molecule has 0 aliphatic carbocycles. The number of aromatic nitrogens is 2. The van der Waals surface area contributed by atoms with E-state index >= 15 is 0 Å². The van der Waals surface area contributed by atoms with E-state index < -0.39 is 5.97 Å². The van der Waals surface area contributed by atoms with Crippen LogP contribution in [0.1, 0.15) is 35.4 Å². The molecule has 3 rings (SSSR count). The minimum Gasteiger partial charge on any atom is -0.464 e. The van der Waals surface area contributed by atoms with E-state index in [-0.39, 0.29) is 11.9 Å². The van der Waals surface area contributed by atoms with Crippen molar-refractivity contribution in [3.05, 3.63) is 48.0 Å². The molecule has 1 aromatic carbocycles. The van der Waals surface area contributed by atoms with Crippen LogP contribution in [0.15, 0.2) is 36.8 Å². The van der Waals surface area contributed by atoms with E-state index in [0.29, 0.717) is 12.2 Å². The standard InChI is InChI=1S/C16H17N3O3/c1-11(20)18-8-7-14(12-5-3-4-6-13(12)18)19-10-17-9-15(19)16(21)22-2/h3-6,9-10,14H,7-8H2,1-2H3. The van der Waals surface area contributed by atoms with Gasteiger partial charge in [0, 0.05) is 19.2 Å². The Kier molecular flexibility index (Phi) is 3.66. The molecule has 6 nitrogen and oxygen atoms in total. The van der Waals surface area contributed by atoms with Crippen LogP contribution in [0.4, 0.5) is 5.69 Å². The number of methoxy groups -OCH3 is 1. The van der Waals surface area contributed by atoms with Gasteiger partial charge < -0.3 is 14.2 Å². The highest BCUT2D eigenvalue weighted by atomic mass is 16.5. The largest absolute Gasteiger partial charge is 0.464 e. The van der Waals surface area contributed by atoms with Gasteiger partial charge in [0.05, 0.1) is 25.7 Å². The minimum atomic E-state index is -0.413. The highest BCUT2D eigenvalue weighted by Gasteiger charge is 2.30. The number of carbonyl (C=O) groups excluding carboxylic acids is 2. The molecule has 2 heterocycles. The van der Waals surface area contributed by atoms with Gasteiger partial charge in [-0.2, -0.15) is 0 Å². The van der Waals surface area contributed by atoms with E-state index in [2.05, 4.69) is 4.98 Å². The van der Waals surface area contributed by atoms with Crippen molar-refractivity contribution in [1.29, 1.82) is 0 Å². The van der Waals surface area contributed by atoms with Gasteiger partial charge in [-0.1, -0.05) is 18.2 Å². The van der Waals surface area contributed by atoms with Crippen molar-refractivity contribution in [3.8, 4) is 0 Å². The number of benzene rings is 1. The Morgan fingerprint density at radius 3 is 2.82 bits per heavy atom. The number of anilines is 1. The van der Waals surface area contributed by atoms with Gasteiger partial charge in [0.15, 0.2) is 0 Å². The molecule has 1 atom stereocenters. The van der Waals surface area contributed by atoms with E-state index in [1.54, 1.807) is 18.2 Å². The Labute approximate surface area is 128 Å². The molecule has 0 saturated carbocycles. The van der Waals surface area contributed by atoms with Gasteiger partial charge in [-0.25, -0.2) is 9.78 Å². The third kappa shape index (κ3) is 2.26. The zero-order valence-corrected chi connectivity index (χ0v) is 12.5. The second-order valence-corrected chi connectivity index (χ2v) is 5.21. The van der Waals surface area contributed by atoms with Crippen molar-refractivity contribution >= 4 is 17.6 Å². The van der Waals surface area contributed by atoms with Crippen molar-refractivity contribution in [2.24, 2.45) is 0 Å². The number of rotatable bonds is 2. The summed E-state index contributed by atoms with van der Waals surface area (Å²) in [6, 6.07) is 7.72. The summed E-state index contributed by atoms with van der Waals surface area (Å²) in [4.78, 5) is 29.5. The van der Waals surface area contributed by atoms with Crippen LogP contribution < -0.4 is 4.90 Å². The van der Waals surface area contributed by atoms with Gasteiger partial charge in [0.25, 0.3) is 0 Å². The first-order valence-electron chi connectivity index (χ1n) is 7.10. The molecule has 0 radical (unpaired) electrons. The van der Waals surface area contributed by atoms with Crippen molar-refractivity contribution in [2.45, 2.75) is 19.4 Å². The molecule has 0 fully saturated rings. The minimum absolute atomic E-state index is 0.0183. The lowest BCUT2D eigenvalue weighted by atomic mass is 9.96. The van der Waals surface area contributed by atoms with Gasteiger partial charge in [-0.3, -0.25) is 4.79 Å². The van der Waals surface area contributed by atoms with E-state index in [0.717, 1.165) is 17.7 Å². The average Bonchev–Trinajstić information content (AvgIpc) is 3.02. The van der Waals surface area contributed by atoms with Gasteiger partial charge >= 0.3 is 5.97 Å². The van der Waals surface area contributed by atoms with Crippen LogP contribution in [0.25, 0.3) is 0 Å². The van der Waals surface area contributed by atoms with E-state index in [1.165, 1.54) is 13.3 Å². The number of imidazole rings is 1. The molecule has 1 amide bonds. The first-order chi connectivity index (χ1) is 10.6. The van der Waals surface area contributed by atoms with Crippen LogP contribution in [-0.4, -0.2) is 35.1 Å². The summed E-state index contributed by atoms with van der Waals surface area (Å²) >= 11 is 0. The van der Waals surface area contributed by atoms with Crippen LogP contribution in [-0.2, 0) is 9.53 Å². The number of carbonyl (C=O) groups is 2. The maximum Gasteiger partial charge on any atom is 0.356 e. The summed E-state index contributed by atoms with van der Waals surface area (Å²) in [5.41, 5.74) is 2.31. The number of hydrogen-bond donors (Lipinski definition) is 0. The van der Waals surface area contributed by atoms with E-state index in [9.17, 15) is 9.59 Å². The Hall–Kier alpha value is -2.63. The number of amides is 1. The third-order valence-electron chi connectivity index (χ3n) is 3.99. The molecule has 1 aromatic heterocycles. The SMILES string of the molecule is COC(=O)c1cncn1C1CCN(C(C)=O)c2ccccc21. The van der Waals surface area contributed by atoms with Gasteiger partial charge in [0.1, 0.15) is 5.69 Å². The molecule has 1 aliphatic heterocycles. The quantitative estimate of drug-likeness (QED) is 0.796. The topological polar surface area (TPSA) is 64.4 Å². The fourth-order valence-corrected chi connectivity index (χ4v) is 2.97. The number of fused-ring (bicyclic) bond motifs is 1. The Balaban J connectivity index is 2.07. The van der Waals surface area contributed by atoms with Crippen LogP contribution in [0.3, 0.4) is 0 Å².